The van der Waals surface area contributed by atoms with Crippen LogP contribution in [0.2, 0.25) is 18.1 Å². The highest BCUT2D eigenvalue weighted by Crippen LogP contribution is 2.39. The van der Waals surface area contributed by atoms with E-state index in [9.17, 15) is 9.59 Å². The number of hydrogen-bond donors (Lipinski definition) is 0. The number of piperidine rings is 1. The molecule has 0 radical (unpaired) electrons. The highest BCUT2D eigenvalue weighted by Gasteiger charge is 2.45. The minimum atomic E-state index is -2.25. The van der Waals surface area contributed by atoms with Gasteiger partial charge in [0.25, 0.3) is 0 Å². The molecule has 1 aliphatic heterocycles. The van der Waals surface area contributed by atoms with Crippen LogP contribution in [-0.2, 0) is 25.3 Å². The summed E-state index contributed by atoms with van der Waals surface area (Å²) in [5, 5.41) is -0.0511. The van der Waals surface area contributed by atoms with Gasteiger partial charge in [0.05, 0.1) is 0 Å². The molecular formula is C25H41NO5Si. The maximum absolute atomic E-state index is 13.3. The van der Waals surface area contributed by atoms with E-state index in [2.05, 4.69) is 33.9 Å². The van der Waals surface area contributed by atoms with Gasteiger partial charge in [0.1, 0.15) is 18.3 Å². The van der Waals surface area contributed by atoms with Crippen LogP contribution in [0.5, 0.6) is 0 Å². The van der Waals surface area contributed by atoms with Gasteiger partial charge < -0.3 is 18.8 Å². The molecule has 0 spiro atoms. The van der Waals surface area contributed by atoms with Crippen LogP contribution in [0.4, 0.5) is 4.79 Å². The Balaban J connectivity index is 2.19. The lowest BCUT2D eigenvalue weighted by Gasteiger charge is -2.42. The molecule has 2 atom stereocenters. The molecule has 1 saturated heterocycles. The van der Waals surface area contributed by atoms with Crippen molar-refractivity contribution in [2.24, 2.45) is 5.92 Å². The number of ether oxygens (including phenoxy) is 2. The van der Waals surface area contributed by atoms with Crippen LogP contribution in [0.25, 0.3) is 0 Å². The van der Waals surface area contributed by atoms with Crippen molar-refractivity contribution >= 4 is 20.4 Å². The summed E-state index contributed by atoms with van der Waals surface area (Å²) >= 11 is 0. The molecule has 1 aromatic rings. The normalized spacial score (nSPS) is 18.8. The van der Waals surface area contributed by atoms with Crippen LogP contribution in [0.3, 0.4) is 0 Å². The third kappa shape index (κ3) is 7.62. The summed E-state index contributed by atoms with van der Waals surface area (Å²) in [6, 6.07) is 9.64. The fourth-order valence-electron chi connectivity index (χ4n) is 3.39. The van der Waals surface area contributed by atoms with Crippen molar-refractivity contribution in [1.82, 2.24) is 4.90 Å². The Labute approximate surface area is 194 Å². The summed E-state index contributed by atoms with van der Waals surface area (Å²) in [4.78, 5) is 27.6. The molecule has 0 N–H and O–H groups in total. The number of nitrogens with zero attached hydrogens (tertiary/aromatic N) is 1. The number of benzene rings is 1. The smallest absolute Gasteiger partial charge is 0.410 e. The quantitative estimate of drug-likeness (QED) is 0.396. The van der Waals surface area contributed by atoms with E-state index in [0.29, 0.717) is 13.1 Å². The van der Waals surface area contributed by atoms with Crippen LogP contribution in [-0.4, -0.2) is 50.1 Å². The molecule has 0 aliphatic carbocycles. The monoisotopic (exact) mass is 463 g/mol. The average molecular weight is 464 g/mol. The van der Waals surface area contributed by atoms with Crippen molar-refractivity contribution in [3.63, 3.8) is 0 Å². The first-order chi connectivity index (χ1) is 14.7. The Morgan fingerprint density at radius 2 is 1.72 bits per heavy atom. The summed E-state index contributed by atoms with van der Waals surface area (Å²) in [7, 11) is -2.25. The fraction of sp³-hybridized carbons (Fsp3) is 0.680. The van der Waals surface area contributed by atoms with Crippen LogP contribution in [0, 0.1) is 5.92 Å². The zero-order chi connectivity index (χ0) is 24.2. The minimum absolute atomic E-state index is 0.0511. The van der Waals surface area contributed by atoms with E-state index >= 15 is 0 Å². The Morgan fingerprint density at radius 3 is 2.28 bits per heavy atom. The molecule has 32 heavy (non-hydrogen) atoms. The van der Waals surface area contributed by atoms with Gasteiger partial charge in [0.15, 0.2) is 8.32 Å². The maximum atomic E-state index is 13.3. The van der Waals surface area contributed by atoms with Gasteiger partial charge in [-0.2, -0.15) is 0 Å². The Kier molecular flexibility index (Phi) is 8.56. The molecule has 1 fully saturated rings. The number of rotatable bonds is 6. The van der Waals surface area contributed by atoms with E-state index in [1.54, 1.807) is 4.90 Å². The summed E-state index contributed by atoms with van der Waals surface area (Å²) in [6.07, 6.45) is 0.558. The Bertz CT molecular complexity index is 767. The third-order valence-corrected chi connectivity index (χ3v) is 10.7. The van der Waals surface area contributed by atoms with Crippen LogP contribution < -0.4 is 0 Å². The molecule has 1 amide bonds. The first-order valence-corrected chi connectivity index (χ1v) is 14.5. The second-order valence-corrected chi connectivity index (χ2v) is 16.0. The molecule has 0 aromatic heterocycles. The second-order valence-electron chi connectivity index (χ2n) is 11.2. The number of esters is 1. The first kappa shape index (κ1) is 26.4. The molecule has 1 heterocycles. The molecule has 6 nitrogen and oxygen atoms in total. The number of amides is 1. The summed E-state index contributed by atoms with van der Waals surface area (Å²) in [5.41, 5.74) is 0.376. The summed E-state index contributed by atoms with van der Waals surface area (Å²) in [6.45, 7) is 17.6. The van der Waals surface area contributed by atoms with Gasteiger partial charge in [0.2, 0.25) is 0 Å². The number of hydrogen-bond acceptors (Lipinski definition) is 5. The average Bonchev–Trinajstić information content (AvgIpc) is 2.69. The molecule has 2 rings (SSSR count). The Morgan fingerprint density at radius 1 is 1.09 bits per heavy atom. The lowest BCUT2D eigenvalue weighted by atomic mass is 9.92. The van der Waals surface area contributed by atoms with Crippen LogP contribution in [0.15, 0.2) is 30.3 Å². The molecule has 7 heteroatoms. The lowest BCUT2D eigenvalue weighted by Crippen LogP contribution is -2.53. The highest BCUT2D eigenvalue weighted by molar-refractivity contribution is 6.74. The lowest BCUT2D eigenvalue weighted by molar-refractivity contribution is -0.158. The van der Waals surface area contributed by atoms with Crippen molar-refractivity contribution in [1.29, 1.82) is 0 Å². The Hall–Kier alpha value is -1.86. The number of likely N-dealkylation sites (tertiary alicyclic amines) is 1. The van der Waals surface area contributed by atoms with Gasteiger partial charge >= 0.3 is 12.1 Å². The predicted molar refractivity (Wildman–Crippen MR) is 129 cm³/mol. The van der Waals surface area contributed by atoms with E-state index < -0.39 is 20.0 Å². The molecule has 1 aliphatic rings. The highest BCUT2D eigenvalue weighted by atomic mass is 28.4. The molecule has 0 bridgehead atoms. The van der Waals surface area contributed by atoms with E-state index in [1.165, 1.54) is 0 Å². The molecule has 180 valence electrons. The van der Waals surface area contributed by atoms with Crippen molar-refractivity contribution < 1.29 is 23.5 Å². The second kappa shape index (κ2) is 10.4. The van der Waals surface area contributed by atoms with E-state index in [1.807, 2.05) is 51.1 Å². The standard InChI is InChI=1S/C25H41NO5Si/c1-24(2,3)30-23(28)26-16-12-15-20(17-26)21(31-32(7,8)25(4,5)6)22(27)29-18-19-13-10-9-11-14-19/h9-11,13-14,20-21H,12,15-18H2,1-8H3/t20-,21?/m1/s1. The van der Waals surface area contributed by atoms with Crippen molar-refractivity contribution in [3.8, 4) is 0 Å². The summed E-state index contributed by atoms with van der Waals surface area (Å²) < 4.78 is 17.9. The third-order valence-electron chi connectivity index (χ3n) is 6.22. The van der Waals surface area contributed by atoms with Gasteiger partial charge in [-0.05, 0) is 57.3 Å². The van der Waals surface area contributed by atoms with Gasteiger partial charge in [0, 0.05) is 19.0 Å². The fourth-order valence-corrected chi connectivity index (χ4v) is 4.67. The number of carbonyl (C=O) groups excluding carboxylic acids is 2. The van der Waals surface area contributed by atoms with Crippen molar-refractivity contribution in [2.45, 2.75) is 90.8 Å². The molecular weight excluding hydrogens is 422 g/mol. The molecule has 1 aromatic carbocycles. The zero-order valence-electron chi connectivity index (χ0n) is 21.1. The van der Waals surface area contributed by atoms with E-state index in [0.717, 1.165) is 18.4 Å². The van der Waals surface area contributed by atoms with E-state index in [4.69, 9.17) is 13.9 Å². The predicted octanol–water partition coefficient (Wildman–Crippen LogP) is 5.77. The van der Waals surface area contributed by atoms with Gasteiger partial charge in [-0.1, -0.05) is 51.1 Å². The molecule has 1 unspecified atom stereocenters. The zero-order valence-corrected chi connectivity index (χ0v) is 22.1. The maximum Gasteiger partial charge on any atom is 0.410 e. The van der Waals surface area contributed by atoms with Crippen molar-refractivity contribution in [2.75, 3.05) is 13.1 Å². The largest absolute Gasteiger partial charge is 0.459 e. The first-order valence-electron chi connectivity index (χ1n) is 11.6. The van der Waals surface area contributed by atoms with Crippen LogP contribution >= 0.6 is 0 Å². The van der Waals surface area contributed by atoms with Crippen LogP contribution in [0.1, 0.15) is 59.9 Å². The SMILES string of the molecule is CC(C)(C)OC(=O)N1CCC[C@@H](C(O[Si](C)(C)C(C)(C)C)C(=O)OCc2ccccc2)C1. The summed E-state index contributed by atoms with van der Waals surface area (Å²) in [5.74, 6) is -0.483. The van der Waals surface area contributed by atoms with Gasteiger partial charge in [-0.3, -0.25) is 0 Å². The topological polar surface area (TPSA) is 65.1 Å². The van der Waals surface area contributed by atoms with Gasteiger partial charge in [-0.25, -0.2) is 9.59 Å². The van der Waals surface area contributed by atoms with Crippen molar-refractivity contribution in [3.05, 3.63) is 35.9 Å². The van der Waals surface area contributed by atoms with Gasteiger partial charge in [-0.15, -0.1) is 0 Å². The van der Waals surface area contributed by atoms with E-state index in [-0.39, 0.29) is 29.6 Å². The minimum Gasteiger partial charge on any atom is -0.459 e. The number of carbonyl (C=O) groups is 2. The molecule has 0 saturated carbocycles.